The van der Waals surface area contributed by atoms with Gasteiger partial charge in [-0.2, -0.15) is 0 Å². The molecule has 1 unspecified atom stereocenters. The summed E-state index contributed by atoms with van der Waals surface area (Å²) >= 11 is 0. The van der Waals surface area contributed by atoms with E-state index in [1.807, 2.05) is 50.6 Å². The van der Waals surface area contributed by atoms with Crippen LogP contribution >= 0.6 is 0 Å². The van der Waals surface area contributed by atoms with Gasteiger partial charge in [-0.25, -0.2) is 9.97 Å². The lowest BCUT2D eigenvalue weighted by Crippen LogP contribution is -2.62. The van der Waals surface area contributed by atoms with Crippen molar-refractivity contribution in [1.82, 2.24) is 29.6 Å². The monoisotopic (exact) mass is 532 g/mol. The molecule has 0 radical (unpaired) electrons. The Morgan fingerprint density at radius 3 is 2.45 bits per heavy atom. The first-order chi connectivity index (χ1) is 19.3. The molecule has 1 fully saturated rings. The number of likely N-dealkylation sites (N-methyl/N-ethyl adjacent to an activating group) is 1. The third-order valence-corrected chi connectivity index (χ3v) is 8.35. The summed E-state index contributed by atoms with van der Waals surface area (Å²) in [5, 5.41) is 4.06. The molecule has 1 saturated carbocycles. The van der Waals surface area contributed by atoms with E-state index in [2.05, 4.69) is 55.1 Å². The molecule has 6 rings (SSSR count). The summed E-state index contributed by atoms with van der Waals surface area (Å²) in [6, 6.07) is 18.0. The van der Waals surface area contributed by atoms with Crippen molar-refractivity contribution in [2.45, 2.75) is 37.8 Å². The van der Waals surface area contributed by atoms with Crippen molar-refractivity contribution in [2.24, 2.45) is 5.92 Å². The largest absolute Gasteiger partial charge is 0.327 e. The zero-order chi connectivity index (χ0) is 28.1. The van der Waals surface area contributed by atoms with Crippen molar-refractivity contribution in [1.29, 1.82) is 0 Å². The van der Waals surface area contributed by atoms with Crippen LogP contribution in [0, 0.1) is 5.92 Å². The highest BCUT2D eigenvalue weighted by Gasteiger charge is 2.48. The first-order valence-corrected chi connectivity index (χ1v) is 13.5. The molecule has 2 aromatic carbocycles. The van der Waals surface area contributed by atoms with E-state index in [0.29, 0.717) is 11.3 Å². The molecule has 0 spiro atoms. The summed E-state index contributed by atoms with van der Waals surface area (Å²) in [4.78, 5) is 40.5. The average molecular weight is 533 g/mol. The van der Waals surface area contributed by atoms with Gasteiger partial charge in [0.1, 0.15) is 0 Å². The topological polar surface area (TPSA) is 92.5 Å². The third kappa shape index (κ3) is 4.16. The summed E-state index contributed by atoms with van der Waals surface area (Å²) in [6.07, 6.45) is 10.5. The van der Waals surface area contributed by atoms with Crippen LogP contribution < -0.4 is 5.32 Å². The second-order valence-electron chi connectivity index (χ2n) is 11.2. The van der Waals surface area contributed by atoms with Gasteiger partial charge in [-0.15, -0.1) is 0 Å². The SMILES string of the molecule is CC(C)C(C=O)(NC(=O)c1ccc(-c2cnc3ncc(C4(c5ccc6ncccc6c5)CC4)n3c2)cc1)N(C)C. The molecular formula is C32H32N6O2. The van der Waals surface area contributed by atoms with Gasteiger partial charge in [0.25, 0.3) is 5.91 Å². The van der Waals surface area contributed by atoms with E-state index in [9.17, 15) is 9.59 Å². The average Bonchev–Trinajstić information content (AvgIpc) is 3.67. The van der Waals surface area contributed by atoms with E-state index < -0.39 is 5.66 Å². The van der Waals surface area contributed by atoms with Crippen molar-refractivity contribution in [3.8, 4) is 11.1 Å². The van der Waals surface area contributed by atoms with E-state index in [0.717, 1.165) is 46.9 Å². The van der Waals surface area contributed by atoms with Gasteiger partial charge < -0.3 is 5.32 Å². The van der Waals surface area contributed by atoms with Crippen LogP contribution in [-0.2, 0) is 10.2 Å². The van der Waals surface area contributed by atoms with Gasteiger partial charge in [0.05, 0.1) is 17.4 Å². The molecule has 1 aliphatic rings. The molecule has 0 saturated heterocycles. The number of aromatic nitrogens is 4. The van der Waals surface area contributed by atoms with Gasteiger partial charge in [0, 0.05) is 40.5 Å². The summed E-state index contributed by atoms with van der Waals surface area (Å²) in [6.45, 7) is 3.82. The first-order valence-electron chi connectivity index (χ1n) is 13.5. The quantitative estimate of drug-likeness (QED) is 0.227. The maximum absolute atomic E-state index is 13.1. The number of rotatable bonds is 8. The van der Waals surface area contributed by atoms with Crippen LogP contribution in [0.4, 0.5) is 0 Å². The molecule has 202 valence electrons. The molecule has 1 N–H and O–H groups in total. The molecular weight excluding hydrogens is 500 g/mol. The van der Waals surface area contributed by atoms with Crippen LogP contribution in [0.5, 0.6) is 0 Å². The van der Waals surface area contributed by atoms with E-state index in [1.165, 1.54) is 5.56 Å². The van der Waals surface area contributed by atoms with Crippen molar-refractivity contribution < 1.29 is 9.59 Å². The molecule has 1 amide bonds. The Balaban J connectivity index is 1.30. The highest BCUT2D eigenvalue weighted by Crippen LogP contribution is 2.53. The second-order valence-corrected chi connectivity index (χ2v) is 11.2. The lowest BCUT2D eigenvalue weighted by molar-refractivity contribution is -0.121. The van der Waals surface area contributed by atoms with Crippen LogP contribution in [0.2, 0.25) is 0 Å². The van der Waals surface area contributed by atoms with Crippen LogP contribution in [0.3, 0.4) is 0 Å². The summed E-state index contributed by atoms with van der Waals surface area (Å²) in [5.74, 6) is 0.255. The molecule has 40 heavy (non-hydrogen) atoms. The maximum atomic E-state index is 13.1. The van der Waals surface area contributed by atoms with Gasteiger partial charge in [-0.3, -0.25) is 23.9 Å². The van der Waals surface area contributed by atoms with E-state index in [1.54, 1.807) is 31.1 Å². The fraction of sp³-hybridized carbons (Fsp3) is 0.281. The van der Waals surface area contributed by atoms with Gasteiger partial charge >= 0.3 is 0 Å². The van der Waals surface area contributed by atoms with Crippen LogP contribution in [-0.4, -0.2) is 56.2 Å². The van der Waals surface area contributed by atoms with Crippen molar-refractivity contribution in [3.63, 3.8) is 0 Å². The molecule has 3 heterocycles. The Bertz CT molecular complexity index is 1730. The Labute approximate surface area is 233 Å². The minimum absolute atomic E-state index is 0.0976. The number of nitrogens with zero attached hydrogens (tertiary/aromatic N) is 5. The Hall–Kier alpha value is -4.43. The lowest BCUT2D eigenvalue weighted by Gasteiger charge is -2.39. The van der Waals surface area contributed by atoms with E-state index >= 15 is 0 Å². The first kappa shape index (κ1) is 25.8. The standard InChI is InChI=1S/C32H32N6O2/c1-21(2)32(20-39,37(3)4)36-29(40)23-9-7-22(8-10-23)25-17-34-30-35-18-28(38(30)19-25)31(13-14-31)26-11-12-27-24(16-26)6-5-15-33-27/h5-12,15-21H,13-14H2,1-4H3,(H,36,40). The molecule has 1 aliphatic carbocycles. The second kappa shape index (κ2) is 9.64. The van der Waals surface area contributed by atoms with E-state index in [4.69, 9.17) is 0 Å². The summed E-state index contributed by atoms with van der Waals surface area (Å²) in [7, 11) is 3.57. The number of nitrogens with one attached hydrogen (secondary N) is 1. The highest BCUT2D eigenvalue weighted by molar-refractivity contribution is 5.96. The zero-order valence-corrected chi connectivity index (χ0v) is 23.1. The molecule has 5 aromatic rings. The fourth-order valence-electron chi connectivity index (χ4n) is 5.68. The maximum Gasteiger partial charge on any atom is 0.253 e. The zero-order valence-electron chi connectivity index (χ0n) is 23.1. The van der Waals surface area contributed by atoms with Crippen molar-refractivity contribution in [2.75, 3.05) is 14.1 Å². The normalized spacial score (nSPS) is 15.8. The number of carbonyl (C=O) groups is 2. The van der Waals surface area contributed by atoms with Gasteiger partial charge in [-0.1, -0.05) is 38.1 Å². The number of aldehydes is 1. The van der Waals surface area contributed by atoms with Crippen LogP contribution in [0.25, 0.3) is 27.8 Å². The summed E-state index contributed by atoms with van der Waals surface area (Å²) in [5.41, 5.74) is 4.55. The number of benzene rings is 2. The minimum atomic E-state index is -1.08. The van der Waals surface area contributed by atoms with Gasteiger partial charge in [-0.05, 0) is 74.3 Å². The highest BCUT2D eigenvalue weighted by atomic mass is 16.2. The molecule has 8 nitrogen and oxygen atoms in total. The van der Waals surface area contributed by atoms with Gasteiger partial charge in [0.15, 0.2) is 11.9 Å². The molecule has 0 bridgehead atoms. The number of fused-ring (bicyclic) bond motifs is 2. The molecule has 8 heteroatoms. The number of carbonyl (C=O) groups excluding carboxylic acids is 2. The predicted octanol–water partition coefficient (Wildman–Crippen LogP) is 4.87. The molecule has 3 aromatic heterocycles. The van der Waals surface area contributed by atoms with Gasteiger partial charge in [0.2, 0.25) is 5.78 Å². The number of hydrogen-bond acceptors (Lipinski definition) is 6. The Morgan fingerprint density at radius 2 is 1.77 bits per heavy atom. The van der Waals surface area contributed by atoms with E-state index in [-0.39, 0.29) is 17.2 Å². The number of amides is 1. The lowest BCUT2D eigenvalue weighted by atomic mass is 9.91. The minimum Gasteiger partial charge on any atom is -0.327 e. The van der Waals surface area contributed by atoms with Crippen molar-refractivity contribution >= 4 is 28.9 Å². The Kier molecular flexibility index (Phi) is 6.22. The van der Waals surface area contributed by atoms with Crippen molar-refractivity contribution in [3.05, 3.63) is 96.2 Å². The number of imidazole rings is 1. The number of hydrogen-bond donors (Lipinski definition) is 1. The van der Waals surface area contributed by atoms with Crippen LogP contribution in [0.1, 0.15) is 48.3 Å². The summed E-state index contributed by atoms with van der Waals surface area (Å²) < 4.78 is 2.09. The smallest absolute Gasteiger partial charge is 0.253 e. The predicted molar refractivity (Wildman–Crippen MR) is 155 cm³/mol. The third-order valence-electron chi connectivity index (χ3n) is 8.35. The van der Waals surface area contributed by atoms with Crippen LogP contribution in [0.15, 0.2) is 79.4 Å². The fourth-order valence-corrected chi connectivity index (χ4v) is 5.68. The molecule has 0 aliphatic heterocycles. The molecule has 1 atom stereocenters. The number of pyridine rings is 1. The Morgan fingerprint density at radius 1 is 1.02 bits per heavy atom.